The lowest BCUT2D eigenvalue weighted by atomic mass is 10.3. The summed E-state index contributed by atoms with van der Waals surface area (Å²) in [5, 5.41) is 2.74. The van der Waals surface area contributed by atoms with Crippen LogP contribution in [0.5, 0.6) is 0 Å². The van der Waals surface area contributed by atoms with Crippen LogP contribution >= 0.6 is 0 Å². The quantitative estimate of drug-likeness (QED) is 0.927. The Morgan fingerprint density at radius 2 is 2.11 bits per heavy atom. The summed E-state index contributed by atoms with van der Waals surface area (Å²) < 4.78 is 42.7. The van der Waals surface area contributed by atoms with Gasteiger partial charge in [-0.05, 0) is 12.1 Å². The van der Waals surface area contributed by atoms with Crippen LogP contribution in [0.2, 0.25) is 0 Å². The maximum atomic E-state index is 12.5. The molecule has 0 bridgehead atoms. The van der Waals surface area contributed by atoms with Crippen LogP contribution in [0.25, 0.3) is 0 Å². The second kappa shape index (κ2) is 5.29. The molecule has 2 rings (SSSR count). The van der Waals surface area contributed by atoms with Gasteiger partial charge in [-0.1, -0.05) is 13.0 Å². The van der Waals surface area contributed by atoms with E-state index in [2.05, 4.69) is 15.3 Å². The number of pyridine rings is 1. The van der Waals surface area contributed by atoms with Crippen LogP contribution in [0, 0.1) is 0 Å². The second-order valence-electron chi connectivity index (χ2n) is 3.83. The standard InChI is InChI=1S/C12H12F3N3O/c1-2-8-6-17-11(19-8)7-16-10-5-3-4-9(18-10)12(13,14)15/h3-6H,2,7H2,1H3,(H,16,18). The highest BCUT2D eigenvalue weighted by Gasteiger charge is 2.32. The third kappa shape index (κ3) is 3.46. The van der Waals surface area contributed by atoms with Gasteiger partial charge in [0.1, 0.15) is 17.3 Å². The zero-order valence-electron chi connectivity index (χ0n) is 10.2. The summed E-state index contributed by atoms with van der Waals surface area (Å²) in [5.41, 5.74) is -0.931. The van der Waals surface area contributed by atoms with Gasteiger partial charge < -0.3 is 9.73 Å². The van der Waals surface area contributed by atoms with Gasteiger partial charge in [0, 0.05) is 6.42 Å². The molecule has 0 radical (unpaired) electrons. The first kappa shape index (κ1) is 13.4. The molecule has 19 heavy (non-hydrogen) atoms. The topological polar surface area (TPSA) is 51.0 Å². The molecule has 0 saturated heterocycles. The molecule has 4 nitrogen and oxygen atoms in total. The van der Waals surface area contributed by atoms with Gasteiger partial charge in [-0.3, -0.25) is 0 Å². The van der Waals surface area contributed by atoms with Gasteiger partial charge in [0.2, 0.25) is 5.89 Å². The number of hydrogen-bond donors (Lipinski definition) is 1. The van der Waals surface area contributed by atoms with E-state index in [4.69, 9.17) is 4.42 Å². The molecule has 102 valence electrons. The lowest BCUT2D eigenvalue weighted by Crippen LogP contribution is -2.10. The maximum Gasteiger partial charge on any atom is 0.433 e. The summed E-state index contributed by atoms with van der Waals surface area (Å²) in [6, 6.07) is 3.68. The van der Waals surface area contributed by atoms with Crippen LogP contribution in [0.3, 0.4) is 0 Å². The number of anilines is 1. The first-order valence-electron chi connectivity index (χ1n) is 5.70. The summed E-state index contributed by atoms with van der Waals surface area (Å²) in [6.45, 7) is 2.11. The number of aryl methyl sites for hydroxylation is 1. The Morgan fingerprint density at radius 1 is 1.32 bits per heavy atom. The van der Waals surface area contributed by atoms with Crippen molar-refractivity contribution in [2.24, 2.45) is 0 Å². The highest BCUT2D eigenvalue weighted by molar-refractivity contribution is 5.35. The van der Waals surface area contributed by atoms with E-state index in [1.54, 1.807) is 6.20 Å². The zero-order chi connectivity index (χ0) is 13.9. The lowest BCUT2D eigenvalue weighted by molar-refractivity contribution is -0.141. The van der Waals surface area contributed by atoms with E-state index in [0.717, 1.165) is 18.2 Å². The number of rotatable bonds is 4. The van der Waals surface area contributed by atoms with Gasteiger partial charge in [-0.2, -0.15) is 13.2 Å². The molecule has 0 aliphatic rings. The fourth-order valence-electron chi connectivity index (χ4n) is 1.45. The Morgan fingerprint density at radius 3 is 2.74 bits per heavy atom. The predicted octanol–water partition coefficient (Wildman–Crippen LogP) is 3.26. The third-order valence-electron chi connectivity index (χ3n) is 2.41. The molecule has 0 aromatic carbocycles. The molecular formula is C12H12F3N3O. The van der Waals surface area contributed by atoms with Crippen molar-refractivity contribution in [3.8, 4) is 0 Å². The van der Waals surface area contributed by atoms with E-state index in [1.807, 2.05) is 6.92 Å². The van der Waals surface area contributed by atoms with Crippen molar-refractivity contribution in [1.82, 2.24) is 9.97 Å². The third-order valence-corrected chi connectivity index (χ3v) is 2.41. The van der Waals surface area contributed by atoms with Crippen molar-refractivity contribution < 1.29 is 17.6 Å². The van der Waals surface area contributed by atoms with Gasteiger partial charge in [0.25, 0.3) is 0 Å². The first-order valence-corrected chi connectivity index (χ1v) is 5.70. The highest BCUT2D eigenvalue weighted by Crippen LogP contribution is 2.28. The second-order valence-corrected chi connectivity index (χ2v) is 3.83. The molecule has 0 saturated carbocycles. The molecule has 1 N–H and O–H groups in total. The number of nitrogens with zero attached hydrogens (tertiary/aromatic N) is 2. The minimum absolute atomic E-state index is 0.131. The number of oxazole rings is 1. The van der Waals surface area contributed by atoms with Gasteiger partial charge in [0.05, 0.1) is 12.7 Å². The van der Waals surface area contributed by atoms with E-state index in [9.17, 15) is 13.2 Å². The molecule has 0 spiro atoms. The van der Waals surface area contributed by atoms with Gasteiger partial charge in [-0.25, -0.2) is 9.97 Å². The van der Waals surface area contributed by atoms with Crippen LogP contribution in [0.15, 0.2) is 28.8 Å². The summed E-state index contributed by atoms with van der Waals surface area (Å²) in [7, 11) is 0. The summed E-state index contributed by atoms with van der Waals surface area (Å²) >= 11 is 0. The molecule has 7 heteroatoms. The van der Waals surface area contributed by atoms with Crippen molar-refractivity contribution in [3.63, 3.8) is 0 Å². The monoisotopic (exact) mass is 271 g/mol. The molecule has 0 amide bonds. The molecule has 0 atom stereocenters. The molecule has 0 unspecified atom stereocenters. The highest BCUT2D eigenvalue weighted by atomic mass is 19.4. The Labute approximate surface area is 107 Å². The zero-order valence-corrected chi connectivity index (χ0v) is 10.2. The van der Waals surface area contributed by atoms with Gasteiger partial charge >= 0.3 is 6.18 Å². The van der Waals surface area contributed by atoms with Crippen LogP contribution in [-0.4, -0.2) is 9.97 Å². The van der Waals surface area contributed by atoms with E-state index in [-0.39, 0.29) is 12.4 Å². The minimum atomic E-state index is -4.45. The number of hydrogen-bond acceptors (Lipinski definition) is 4. The SMILES string of the molecule is CCc1cnc(CNc2cccc(C(F)(F)F)n2)o1. The lowest BCUT2D eigenvalue weighted by Gasteiger charge is -2.08. The summed E-state index contributed by atoms with van der Waals surface area (Å²) in [6.07, 6.45) is -2.14. The normalized spacial score (nSPS) is 11.6. The molecule has 0 fully saturated rings. The molecule has 2 heterocycles. The Balaban J connectivity index is 2.03. The van der Waals surface area contributed by atoms with Crippen molar-refractivity contribution in [2.75, 3.05) is 5.32 Å². The Kier molecular flexibility index (Phi) is 3.73. The number of nitrogens with one attached hydrogen (secondary N) is 1. The summed E-state index contributed by atoms with van der Waals surface area (Å²) in [4.78, 5) is 7.47. The molecule has 2 aromatic rings. The van der Waals surface area contributed by atoms with E-state index < -0.39 is 11.9 Å². The van der Waals surface area contributed by atoms with E-state index in [1.165, 1.54) is 12.1 Å². The van der Waals surface area contributed by atoms with Crippen molar-refractivity contribution in [2.45, 2.75) is 26.1 Å². The average Bonchev–Trinajstić information content (AvgIpc) is 2.84. The van der Waals surface area contributed by atoms with Gasteiger partial charge in [0.15, 0.2) is 0 Å². The van der Waals surface area contributed by atoms with E-state index in [0.29, 0.717) is 5.89 Å². The molecule has 0 aliphatic carbocycles. The average molecular weight is 271 g/mol. The van der Waals surface area contributed by atoms with Crippen molar-refractivity contribution in [3.05, 3.63) is 41.7 Å². The van der Waals surface area contributed by atoms with Crippen LogP contribution in [-0.2, 0) is 19.1 Å². The first-order chi connectivity index (χ1) is 8.99. The largest absolute Gasteiger partial charge is 0.444 e. The van der Waals surface area contributed by atoms with Gasteiger partial charge in [-0.15, -0.1) is 0 Å². The molecule has 2 aromatic heterocycles. The Bertz CT molecular complexity index is 551. The fraction of sp³-hybridized carbons (Fsp3) is 0.333. The number of aromatic nitrogens is 2. The fourth-order valence-corrected chi connectivity index (χ4v) is 1.45. The maximum absolute atomic E-state index is 12.5. The molecule has 0 aliphatic heterocycles. The van der Waals surface area contributed by atoms with Crippen molar-refractivity contribution >= 4 is 5.82 Å². The minimum Gasteiger partial charge on any atom is -0.444 e. The van der Waals surface area contributed by atoms with Crippen molar-refractivity contribution in [1.29, 1.82) is 0 Å². The number of alkyl halides is 3. The summed E-state index contributed by atoms with van der Waals surface area (Å²) in [5.74, 6) is 1.27. The van der Waals surface area contributed by atoms with Crippen LogP contribution < -0.4 is 5.32 Å². The molecular weight excluding hydrogens is 259 g/mol. The van der Waals surface area contributed by atoms with Crippen LogP contribution in [0.1, 0.15) is 24.3 Å². The van der Waals surface area contributed by atoms with E-state index >= 15 is 0 Å². The smallest absolute Gasteiger partial charge is 0.433 e. The van der Waals surface area contributed by atoms with Crippen LogP contribution in [0.4, 0.5) is 19.0 Å². The number of halogens is 3. The Hall–Kier alpha value is -2.05. The predicted molar refractivity (Wildman–Crippen MR) is 62.4 cm³/mol.